The molecule has 0 spiro atoms. The number of nitrogens with zero attached hydrogens (tertiary/aromatic N) is 2. The summed E-state index contributed by atoms with van der Waals surface area (Å²) in [6.07, 6.45) is 6.11. The Kier molecular flexibility index (Phi) is 2.40. The number of aromatic nitrogens is 2. The van der Waals surface area contributed by atoms with Crippen LogP contribution in [0.25, 0.3) is 5.65 Å². The SMILES string of the molecule is O=c1c(Br)cn2ccc(C3CC3)nc2c1Br. The molecule has 0 bridgehead atoms. The summed E-state index contributed by atoms with van der Waals surface area (Å²) in [6, 6.07) is 2.02. The van der Waals surface area contributed by atoms with Gasteiger partial charge in [-0.15, -0.1) is 0 Å². The Hall–Kier alpha value is -0.680. The van der Waals surface area contributed by atoms with Gasteiger partial charge in [0, 0.05) is 24.0 Å². The van der Waals surface area contributed by atoms with E-state index in [1.54, 1.807) is 6.20 Å². The first kappa shape index (κ1) is 10.5. The molecule has 0 aromatic carbocycles. The Morgan fingerprint density at radius 2 is 2.12 bits per heavy atom. The molecule has 82 valence electrons. The second-order valence-corrected chi connectivity index (χ2v) is 5.63. The van der Waals surface area contributed by atoms with E-state index in [1.807, 2.05) is 16.7 Å². The Morgan fingerprint density at radius 1 is 1.38 bits per heavy atom. The second-order valence-electron chi connectivity index (χ2n) is 3.98. The zero-order chi connectivity index (χ0) is 11.3. The van der Waals surface area contributed by atoms with Crippen molar-refractivity contribution in [1.29, 1.82) is 0 Å². The Bertz CT molecular complexity index is 632. The molecule has 5 heteroatoms. The van der Waals surface area contributed by atoms with E-state index in [9.17, 15) is 4.79 Å². The van der Waals surface area contributed by atoms with Gasteiger partial charge in [-0.3, -0.25) is 4.79 Å². The predicted octanol–water partition coefficient (Wildman–Crippen LogP) is 3.10. The molecule has 0 atom stereocenters. The molecule has 3 nitrogen and oxygen atoms in total. The average Bonchev–Trinajstić information content (AvgIpc) is 3.10. The Morgan fingerprint density at radius 3 is 2.81 bits per heavy atom. The summed E-state index contributed by atoms with van der Waals surface area (Å²) >= 11 is 6.55. The smallest absolute Gasteiger partial charge is 0.212 e. The minimum atomic E-state index is -0.0551. The number of pyridine rings is 1. The van der Waals surface area contributed by atoms with Gasteiger partial charge in [0.1, 0.15) is 4.47 Å². The lowest BCUT2D eigenvalue weighted by Crippen LogP contribution is -2.09. The molecule has 2 aromatic heterocycles. The number of rotatable bonds is 1. The summed E-state index contributed by atoms with van der Waals surface area (Å²) in [7, 11) is 0. The summed E-state index contributed by atoms with van der Waals surface area (Å²) in [5.74, 6) is 0.593. The number of hydrogen-bond acceptors (Lipinski definition) is 2. The van der Waals surface area contributed by atoms with Crippen LogP contribution in [-0.4, -0.2) is 9.38 Å². The highest BCUT2D eigenvalue weighted by atomic mass is 79.9. The molecule has 0 unspecified atom stereocenters. The fourth-order valence-electron chi connectivity index (χ4n) is 1.70. The van der Waals surface area contributed by atoms with Crippen LogP contribution in [0, 0.1) is 0 Å². The van der Waals surface area contributed by atoms with Crippen molar-refractivity contribution in [2.45, 2.75) is 18.8 Å². The van der Waals surface area contributed by atoms with E-state index in [0.29, 0.717) is 20.5 Å². The molecule has 0 aliphatic heterocycles. The molecule has 2 aromatic rings. The molecule has 1 saturated carbocycles. The van der Waals surface area contributed by atoms with Gasteiger partial charge < -0.3 is 4.40 Å². The van der Waals surface area contributed by atoms with Crippen LogP contribution in [0.2, 0.25) is 0 Å². The van der Waals surface area contributed by atoms with Crippen LogP contribution >= 0.6 is 31.9 Å². The van der Waals surface area contributed by atoms with Gasteiger partial charge in [-0.25, -0.2) is 4.98 Å². The Balaban J connectivity index is 2.33. The first-order valence-corrected chi connectivity index (χ1v) is 6.62. The summed E-state index contributed by atoms with van der Waals surface area (Å²) in [6.45, 7) is 0. The van der Waals surface area contributed by atoms with E-state index >= 15 is 0 Å². The van der Waals surface area contributed by atoms with Crippen molar-refractivity contribution in [3.05, 3.63) is 43.3 Å². The van der Waals surface area contributed by atoms with Gasteiger partial charge in [0.05, 0.1) is 4.47 Å². The number of hydrogen-bond donors (Lipinski definition) is 0. The fourth-order valence-corrected chi connectivity index (χ4v) is 2.90. The van der Waals surface area contributed by atoms with Crippen molar-refractivity contribution in [3.8, 4) is 0 Å². The van der Waals surface area contributed by atoms with Crippen molar-refractivity contribution in [2.24, 2.45) is 0 Å². The van der Waals surface area contributed by atoms with Gasteiger partial charge in [-0.2, -0.15) is 0 Å². The lowest BCUT2D eigenvalue weighted by Gasteiger charge is -2.05. The zero-order valence-corrected chi connectivity index (χ0v) is 11.5. The molecule has 2 heterocycles. The van der Waals surface area contributed by atoms with Crippen molar-refractivity contribution in [3.63, 3.8) is 0 Å². The lowest BCUT2D eigenvalue weighted by atomic mass is 10.3. The van der Waals surface area contributed by atoms with Crippen molar-refractivity contribution >= 4 is 37.5 Å². The van der Waals surface area contributed by atoms with E-state index in [2.05, 4.69) is 36.8 Å². The maximum atomic E-state index is 11.7. The quantitative estimate of drug-likeness (QED) is 0.797. The largest absolute Gasteiger partial charge is 0.306 e. The van der Waals surface area contributed by atoms with Crippen molar-refractivity contribution in [2.75, 3.05) is 0 Å². The van der Waals surface area contributed by atoms with E-state index in [4.69, 9.17) is 0 Å². The van der Waals surface area contributed by atoms with Gasteiger partial charge in [0.15, 0.2) is 5.65 Å². The molecular formula is C11H8Br2N2O. The third kappa shape index (κ3) is 1.62. The summed E-state index contributed by atoms with van der Waals surface area (Å²) in [5, 5.41) is 0. The molecule has 3 rings (SSSR count). The highest BCUT2D eigenvalue weighted by Crippen LogP contribution is 2.39. The maximum Gasteiger partial charge on any atom is 0.212 e. The van der Waals surface area contributed by atoms with Crippen LogP contribution in [0.15, 0.2) is 32.2 Å². The van der Waals surface area contributed by atoms with Crippen LogP contribution in [0.3, 0.4) is 0 Å². The number of halogens is 2. The molecule has 0 radical (unpaired) electrons. The molecule has 0 amide bonds. The van der Waals surface area contributed by atoms with Gasteiger partial charge in [-0.1, -0.05) is 0 Å². The zero-order valence-electron chi connectivity index (χ0n) is 8.28. The minimum absolute atomic E-state index is 0.0551. The van der Waals surface area contributed by atoms with E-state index in [0.717, 1.165) is 5.69 Å². The van der Waals surface area contributed by atoms with Gasteiger partial charge >= 0.3 is 0 Å². The van der Waals surface area contributed by atoms with Crippen LogP contribution in [0.4, 0.5) is 0 Å². The monoisotopic (exact) mass is 342 g/mol. The minimum Gasteiger partial charge on any atom is -0.306 e. The van der Waals surface area contributed by atoms with Crippen LogP contribution < -0.4 is 5.43 Å². The summed E-state index contributed by atoms with van der Waals surface area (Å²) in [5.41, 5.74) is 1.72. The molecule has 1 aliphatic rings. The van der Waals surface area contributed by atoms with Crippen LogP contribution in [0.5, 0.6) is 0 Å². The van der Waals surface area contributed by atoms with Gasteiger partial charge in [0.2, 0.25) is 5.43 Å². The number of fused-ring (bicyclic) bond motifs is 1. The second kappa shape index (κ2) is 3.67. The van der Waals surface area contributed by atoms with Gasteiger partial charge in [-0.05, 0) is 50.8 Å². The predicted molar refractivity (Wildman–Crippen MR) is 68.8 cm³/mol. The average molecular weight is 344 g/mol. The molecule has 1 aliphatic carbocycles. The fraction of sp³-hybridized carbons (Fsp3) is 0.273. The van der Waals surface area contributed by atoms with Crippen molar-refractivity contribution in [1.82, 2.24) is 9.38 Å². The lowest BCUT2D eigenvalue weighted by molar-refractivity contribution is 0.976. The molecule has 0 N–H and O–H groups in total. The molecular weight excluding hydrogens is 336 g/mol. The Labute approximate surface area is 109 Å². The third-order valence-corrected chi connectivity index (χ3v) is 4.03. The molecule has 1 fully saturated rings. The first-order chi connectivity index (χ1) is 7.66. The molecule has 0 saturated heterocycles. The maximum absolute atomic E-state index is 11.7. The van der Waals surface area contributed by atoms with E-state index < -0.39 is 0 Å². The standard InChI is InChI=1S/C11H8Br2N2O/c12-7-5-15-4-3-8(6-1-2-6)14-11(15)9(13)10(7)16/h3-6H,1-2H2. The van der Waals surface area contributed by atoms with Crippen LogP contribution in [-0.2, 0) is 0 Å². The van der Waals surface area contributed by atoms with E-state index in [-0.39, 0.29) is 5.43 Å². The van der Waals surface area contributed by atoms with E-state index in [1.165, 1.54) is 12.8 Å². The summed E-state index contributed by atoms with van der Waals surface area (Å²) in [4.78, 5) is 16.3. The third-order valence-electron chi connectivity index (χ3n) is 2.75. The summed E-state index contributed by atoms with van der Waals surface area (Å²) < 4.78 is 2.91. The van der Waals surface area contributed by atoms with Gasteiger partial charge in [0.25, 0.3) is 0 Å². The van der Waals surface area contributed by atoms with Crippen molar-refractivity contribution < 1.29 is 0 Å². The van der Waals surface area contributed by atoms with Crippen LogP contribution in [0.1, 0.15) is 24.5 Å². The molecule has 16 heavy (non-hydrogen) atoms. The highest BCUT2D eigenvalue weighted by molar-refractivity contribution is 9.11. The first-order valence-electron chi connectivity index (χ1n) is 5.04. The normalized spacial score (nSPS) is 15.6. The topological polar surface area (TPSA) is 34.4 Å². The highest BCUT2D eigenvalue weighted by Gasteiger charge is 2.25.